The summed E-state index contributed by atoms with van der Waals surface area (Å²) in [5, 5.41) is 11.0. The predicted octanol–water partition coefficient (Wildman–Crippen LogP) is 3.99. The quantitative estimate of drug-likeness (QED) is 0.338. The molecule has 2 N–H and O–H groups in total. The second-order valence-electron chi connectivity index (χ2n) is 9.53. The van der Waals surface area contributed by atoms with Crippen LogP contribution >= 0.6 is 0 Å². The van der Waals surface area contributed by atoms with Gasteiger partial charge in [0.25, 0.3) is 0 Å². The number of carbonyl (C=O) groups is 1. The molecule has 0 aliphatic carbocycles. The highest BCUT2D eigenvalue weighted by Crippen LogP contribution is 2.39. The van der Waals surface area contributed by atoms with E-state index >= 15 is 0 Å². The molecule has 2 aliphatic rings. The minimum Gasteiger partial charge on any atom is -0.494 e. The average molecular weight is 539 g/mol. The first-order valence-corrected chi connectivity index (χ1v) is 13.0. The van der Waals surface area contributed by atoms with Gasteiger partial charge in [-0.15, -0.1) is 0 Å². The molecule has 4 aromatic rings. The van der Waals surface area contributed by atoms with E-state index in [1.807, 2.05) is 36.5 Å². The number of para-hydroxylation sites is 1. The molecule has 0 unspecified atom stereocenters. The molecule has 2 aromatic heterocycles. The van der Waals surface area contributed by atoms with E-state index in [9.17, 15) is 4.79 Å². The minimum absolute atomic E-state index is 0.307. The highest BCUT2D eigenvalue weighted by molar-refractivity contribution is 6.02. The molecular formula is C29H30N8O3. The summed E-state index contributed by atoms with van der Waals surface area (Å²) in [4.78, 5) is 25.8. The third-order valence-electron chi connectivity index (χ3n) is 7.02. The van der Waals surface area contributed by atoms with Gasteiger partial charge in [-0.3, -0.25) is 4.79 Å². The maximum absolute atomic E-state index is 12.3. The normalized spacial score (nSPS) is 14.2. The monoisotopic (exact) mass is 538 g/mol. The molecule has 40 heavy (non-hydrogen) atoms. The van der Waals surface area contributed by atoms with E-state index in [-0.39, 0.29) is 5.91 Å². The number of nitrogens with one attached hydrogen (secondary N) is 2. The van der Waals surface area contributed by atoms with Gasteiger partial charge in [-0.05, 0) is 18.2 Å². The zero-order valence-electron chi connectivity index (χ0n) is 22.4. The number of amides is 1. The first kappa shape index (κ1) is 25.4. The summed E-state index contributed by atoms with van der Waals surface area (Å²) in [6.45, 7) is 6.91. The second kappa shape index (κ2) is 10.7. The lowest BCUT2D eigenvalue weighted by Crippen LogP contribution is -2.36. The average Bonchev–Trinajstić information content (AvgIpc) is 3.42. The van der Waals surface area contributed by atoms with Crippen molar-refractivity contribution >= 4 is 34.6 Å². The fourth-order valence-corrected chi connectivity index (χ4v) is 5.06. The van der Waals surface area contributed by atoms with Crippen molar-refractivity contribution in [3.8, 4) is 22.7 Å². The number of hydrogen-bond donors (Lipinski definition) is 2. The van der Waals surface area contributed by atoms with Gasteiger partial charge in [0, 0.05) is 61.5 Å². The summed E-state index contributed by atoms with van der Waals surface area (Å²) in [5.74, 6) is 1.26. The van der Waals surface area contributed by atoms with E-state index in [1.54, 1.807) is 18.0 Å². The van der Waals surface area contributed by atoms with Gasteiger partial charge < -0.3 is 29.9 Å². The largest absolute Gasteiger partial charge is 0.494 e. The minimum atomic E-state index is -0.307. The van der Waals surface area contributed by atoms with Crippen LogP contribution in [-0.4, -0.2) is 66.1 Å². The van der Waals surface area contributed by atoms with Crippen molar-refractivity contribution in [1.82, 2.24) is 19.7 Å². The lowest BCUT2D eigenvalue weighted by atomic mass is 10.00. The van der Waals surface area contributed by atoms with Crippen LogP contribution < -0.4 is 25.2 Å². The van der Waals surface area contributed by atoms with Crippen molar-refractivity contribution in [3.05, 3.63) is 73.2 Å². The zero-order chi connectivity index (χ0) is 27.6. The standard InChI is InChI=1S/C29H30N8O3/c1-4-28(38)31-21-15-22(26(39-3)16-25(21)36-11-13-40-14-12-36)32-29-30-10-9-27(33-29)37-17-20-19-7-5-6-8-24(19)35(2)18-23(20)34-37/h4-10,15-17H,1,11-14,18H2,2-3H3,(H,31,38)(H,30,32,33). The van der Waals surface area contributed by atoms with Gasteiger partial charge in [-0.2, -0.15) is 10.1 Å². The van der Waals surface area contributed by atoms with Crippen molar-refractivity contribution in [2.75, 3.05) is 60.9 Å². The summed E-state index contributed by atoms with van der Waals surface area (Å²) in [5.41, 5.74) is 6.45. The molecule has 4 heterocycles. The summed E-state index contributed by atoms with van der Waals surface area (Å²) >= 11 is 0. The Morgan fingerprint density at radius 2 is 1.93 bits per heavy atom. The molecule has 1 fully saturated rings. The Morgan fingerprint density at radius 3 is 2.73 bits per heavy atom. The van der Waals surface area contributed by atoms with Crippen LogP contribution in [0.3, 0.4) is 0 Å². The molecule has 6 rings (SSSR count). The van der Waals surface area contributed by atoms with E-state index in [0.29, 0.717) is 61.7 Å². The second-order valence-corrected chi connectivity index (χ2v) is 9.53. The molecule has 2 aromatic carbocycles. The third-order valence-corrected chi connectivity index (χ3v) is 7.02. The molecular weight excluding hydrogens is 508 g/mol. The highest BCUT2D eigenvalue weighted by atomic mass is 16.5. The number of anilines is 5. The van der Waals surface area contributed by atoms with Crippen LogP contribution in [0.4, 0.5) is 28.7 Å². The Bertz CT molecular complexity index is 1580. The number of fused-ring (bicyclic) bond motifs is 3. The van der Waals surface area contributed by atoms with Gasteiger partial charge in [-0.1, -0.05) is 24.8 Å². The molecule has 0 bridgehead atoms. The van der Waals surface area contributed by atoms with Crippen molar-refractivity contribution in [1.29, 1.82) is 0 Å². The molecule has 0 saturated carbocycles. The molecule has 0 spiro atoms. The van der Waals surface area contributed by atoms with E-state index in [0.717, 1.165) is 22.5 Å². The number of nitrogens with zero attached hydrogens (tertiary/aromatic N) is 6. The van der Waals surface area contributed by atoms with E-state index in [2.05, 4.69) is 51.2 Å². The van der Waals surface area contributed by atoms with Crippen LogP contribution in [0.5, 0.6) is 5.75 Å². The fourth-order valence-electron chi connectivity index (χ4n) is 5.06. The number of aromatic nitrogens is 4. The molecule has 11 nitrogen and oxygen atoms in total. The Morgan fingerprint density at radius 1 is 1.10 bits per heavy atom. The van der Waals surface area contributed by atoms with Crippen molar-refractivity contribution in [2.45, 2.75) is 6.54 Å². The molecule has 2 aliphatic heterocycles. The zero-order valence-corrected chi connectivity index (χ0v) is 22.4. The Labute approximate surface area is 232 Å². The molecule has 204 valence electrons. The van der Waals surface area contributed by atoms with Gasteiger partial charge in [0.15, 0.2) is 5.82 Å². The Kier molecular flexibility index (Phi) is 6.79. The topological polar surface area (TPSA) is 110 Å². The van der Waals surface area contributed by atoms with Crippen LogP contribution in [0.25, 0.3) is 16.9 Å². The smallest absolute Gasteiger partial charge is 0.247 e. The summed E-state index contributed by atoms with van der Waals surface area (Å²) in [6, 6.07) is 13.8. The Hall–Kier alpha value is -4.90. The van der Waals surface area contributed by atoms with Gasteiger partial charge in [0.1, 0.15) is 5.75 Å². The molecule has 0 radical (unpaired) electrons. The summed E-state index contributed by atoms with van der Waals surface area (Å²) in [7, 11) is 3.67. The van der Waals surface area contributed by atoms with Gasteiger partial charge in [0.05, 0.1) is 49.6 Å². The predicted molar refractivity (Wildman–Crippen MR) is 155 cm³/mol. The van der Waals surface area contributed by atoms with Crippen LogP contribution in [0.15, 0.2) is 67.5 Å². The lowest BCUT2D eigenvalue weighted by Gasteiger charge is -2.31. The van der Waals surface area contributed by atoms with Crippen molar-refractivity contribution in [3.63, 3.8) is 0 Å². The number of hydrogen-bond acceptors (Lipinski definition) is 9. The van der Waals surface area contributed by atoms with Crippen LogP contribution in [-0.2, 0) is 16.1 Å². The maximum Gasteiger partial charge on any atom is 0.247 e. The van der Waals surface area contributed by atoms with Gasteiger partial charge in [-0.25, -0.2) is 9.67 Å². The number of rotatable bonds is 7. The molecule has 1 saturated heterocycles. The first-order valence-electron chi connectivity index (χ1n) is 13.0. The van der Waals surface area contributed by atoms with Gasteiger partial charge >= 0.3 is 0 Å². The van der Waals surface area contributed by atoms with Crippen molar-refractivity contribution in [2.24, 2.45) is 0 Å². The number of morpholine rings is 1. The fraction of sp³-hybridized carbons (Fsp3) is 0.241. The van der Waals surface area contributed by atoms with Crippen LogP contribution in [0, 0.1) is 0 Å². The first-order chi connectivity index (χ1) is 19.5. The lowest BCUT2D eigenvalue weighted by molar-refractivity contribution is -0.111. The SMILES string of the molecule is C=CC(=O)Nc1cc(Nc2nccc(-n3cc4c(n3)CN(C)c3ccccc3-4)n2)c(OC)cc1N1CCOCC1. The van der Waals surface area contributed by atoms with E-state index in [4.69, 9.17) is 19.6 Å². The van der Waals surface area contributed by atoms with E-state index in [1.165, 1.54) is 11.8 Å². The number of ether oxygens (including phenoxy) is 2. The van der Waals surface area contributed by atoms with Crippen LogP contribution in [0.1, 0.15) is 5.69 Å². The summed E-state index contributed by atoms with van der Waals surface area (Å²) in [6.07, 6.45) is 4.93. The molecule has 0 atom stereocenters. The maximum atomic E-state index is 12.3. The van der Waals surface area contributed by atoms with Crippen LogP contribution in [0.2, 0.25) is 0 Å². The number of benzene rings is 2. The highest BCUT2D eigenvalue weighted by Gasteiger charge is 2.24. The van der Waals surface area contributed by atoms with Gasteiger partial charge in [0.2, 0.25) is 11.9 Å². The molecule has 11 heteroatoms. The third kappa shape index (κ3) is 4.82. The summed E-state index contributed by atoms with van der Waals surface area (Å²) < 4.78 is 13.0. The Balaban J connectivity index is 1.33. The number of carbonyl (C=O) groups excluding carboxylic acids is 1. The molecule has 1 amide bonds. The number of methoxy groups -OCH3 is 1. The van der Waals surface area contributed by atoms with Crippen molar-refractivity contribution < 1.29 is 14.3 Å². The van der Waals surface area contributed by atoms with E-state index < -0.39 is 0 Å².